The largest absolute Gasteiger partial charge is 0.493 e. The predicted octanol–water partition coefficient (Wildman–Crippen LogP) is 1.77. The van der Waals surface area contributed by atoms with Gasteiger partial charge in [-0.05, 0) is 6.07 Å². The lowest BCUT2D eigenvalue weighted by atomic mass is 10.1. The molecular weight excluding hydrogens is 268 g/mol. The molecule has 0 amide bonds. The summed E-state index contributed by atoms with van der Waals surface area (Å²) in [4.78, 5) is 3.93. The highest BCUT2D eigenvalue weighted by Gasteiger charge is 2.13. The molecule has 100 valence electrons. The summed E-state index contributed by atoms with van der Waals surface area (Å²) in [6.45, 7) is 0. The molecule has 0 aliphatic rings. The number of aromatic nitrogens is 2. The van der Waals surface area contributed by atoms with Gasteiger partial charge >= 0.3 is 0 Å². The molecule has 1 aromatic heterocycles. The summed E-state index contributed by atoms with van der Waals surface area (Å²) in [7, 11) is 3.01. The van der Waals surface area contributed by atoms with Crippen LogP contribution >= 0.6 is 12.4 Å². The molecule has 19 heavy (non-hydrogen) atoms. The van der Waals surface area contributed by atoms with E-state index in [1.54, 1.807) is 29.2 Å². The lowest BCUT2D eigenvalue weighted by molar-refractivity contribution is 0.354. The lowest BCUT2D eigenvalue weighted by Crippen LogP contribution is -1.98. The molecule has 6 nitrogen and oxygen atoms in total. The average molecular weight is 281 g/mol. The smallest absolute Gasteiger partial charge is 0.178 e. The second-order valence-electron chi connectivity index (χ2n) is 3.55. The van der Waals surface area contributed by atoms with Crippen molar-refractivity contribution in [3.63, 3.8) is 0 Å². The summed E-state index contributed by atoms with van der Waals surface area (Å²) in [6.07, 6.45) is 3.22. The molecule has 0 spiro atoms. The molecule has 7 heteroatoms. The Kier molecular flexibility index (Phi) is 4.62. The predicted molar refractivity (Wildman–Crippen MR) is 73.0 cm³/mol. The Morgan fingerprint density at radius 1 is 1.32 bits per heavy atom. The van der Waals surface area contributed by atoms with Crippen molar-refractivity contribution in [3.8, 4) is 23.3 Å². The van der Waals surface area contributed by atoms with E-state index in [9.17, 15) is 0 Å². The number of methoxy groups -OCH3 is 2. The molecule has 0 atom stereocenters. The highest BCUT2D eigenvalue weighted by Crippen LogP contribution is 2.33. The van der Waals surface area contributed by atoms with E-state index in [2.05, 4.69) is 11.1 Å². The second-order valence-corrected chi connectivity index (χ2v) is 3.55. The minimum absolute atomic E-state index is 0. The number of nitrogens with two attached hydrogens (primary N) is 1. The molecule has 2 N–H and O–H groups in total. The molecular formula is C12H13ClN4O2. The van der Waals surface area contributed by atoms with Gasteiger partial charge in [-0.1, -0.05) is 0 Å². The van der Waals surface area contributed by atoms with Gasteiger partial charge in [-0.3, -0.25) is 0 Å². The van der Waals surface area contributed by atoms with Crippen LogP contribution in [0.4, 0.5) is 5.82 Å². The van der Waals surface area contributed by atoms with Gasteiger partial charge in [-0.15, -0.1) is 12.4 Å². The average Bonchev–Trinajstić information content (AvgIpc) is 2.83. The number of ether oxygens (including phenoxy) is 2. The first-order valence-electron chi connectivity index (χ1n) is 5.15. The normalized spacial score (nSPS) is 9.32. The van der Waals surface area contributed by atoms with Gasteiger partial charge in [0, 0.05) is 6.07 Å². The van der Waals surface area contributed by atoms with E-state index in [1.165, 1.54) is 14.2 Å². The molecule has 0 fully saturated rings. The van der Waals surface area contributed by atoms with Crippen molar-refractivity contribution in [1.29, 1.82) is 5.26 Å². The molecule has 0 radical (unpaired) electrons. The van der Waals surface area contributed by atoms with Crippen molar-refractivity contribution >= 4 is 18.2 Å². The zero-order chi connectivity index (χ0) is 13.1. The van der Waals surface area contributed by atoms with Crippen molar-refractivity contribution in [2.45, 2.75) is 0 Å². The minimum Gasteiger partial charge on any atom is -0.493 e. The number of imidazole rings is 1. The van der Waals surface area contributed by atoms with Gasteiger partial charge in [0.1, 0.15) is 18.2 Å². The maximum atomic E-state index is 9.11. The zero-order valence-corrected chi connectivity index (χ0v) is 11.3. The van der Waals surface area contributed by atoms with Crippen LogP contribution in [-0.4, -0.2) is 23.8 Å². The number of anilines is 1. The fourth-order valence-corrected chi connectivity index (χ4v) is 1.66. The maximum absolute atomic E-state index is 9.11. The summed E-state index contributed by atoms with van der Waals surface area (Å²) < 4.78 is 12.1. The monoisotopic (exact) mass is 280 g/mol. The number of nitrogens with zero attached hydrogens (tertiary/aromatic N) is 3. The van der Waals surface area contributed by atoms with E-state index in [4.69, 9.17) is 20.5 Å². The third kappa shape index (κ3) is 2.72. The number of nitriles is 1. The third-order valence-corrected chi connectivity index (χ3v) is 2.48. The summed E-state index contributed by atoms with van der Waals surface area (Å²) in [6, 6.07) is 5.50. The maximum Gasteiger partial charge on any atom is 0.178 e. The summed E-state index contributed by atoms with van der Waals surface area (Å²) in [5.41, 5.74) is 6.68. The third-order valence-electron chi connectivity index (χ3n) is 2.48. The molecule has 2 aromatic rings. The topological polar surface area (TPSA) is 86.1 Å². The molecule has 0 aliphatic heterocycles. The van der Waals surface area contributed by atoms with Crippen molar-refractivity contribution in [3.05, 3.63) is 30.2 Å². The van der Waals surface area contributed by atoms with Gasteiger partial charge in [0.05, 0.1) is 31.7 Å². The van der Waals surface area contributed by atoms with Crippen LogP contribution in [0.5, 0.6) is 11.5 Å². The van der Waals surface area contributed by atoms with Gasteiger partial charge in [0.2, 0.25) is 0 Å². The van der Waals surface area contributed by atoms with Crippen molar-refractivity contribution < 1.29 is 9.47 Å². The Bertz CT molecular complexity index is 619. The van der Waals surface area contributed by atoms with Crippen molar-refractivity contribution in [1.82, 2.24) is 9.55 Å². The van der Waals surface area contributed by atoms with Crippen molar-refractivity contribution in [2.24, 2.45) is 0 Å². The molecule has 0 bridgehead atoms. The number of halogens is 1. The van der Waals surface area contributed by atoms with Gasteiger partial charge in [0.15, 0.2) is 11.5 Å². The van der Waals surface area contributed by atoms with E-state index >= 15 is 0 Å². The highest BCUT2D eigenvalue weighted by molar-refractivity contribution is 5.85. The van der Waals surface area contributed by atoms with Crippen LogP contribution in [-0.2, 0) is 0 Å². The molecule has 0 aliphatic carbocycles. The van der Waals surface area contributed by atoms with Crippen LogP contribution in [0.2, 0.25) is 0 Å². The summed E-state index contributed by atoms with van der Waals surface area (Å²) in [5.74, 6) is 1.30. The zero-order valence-electron chi connectivity index (χ0n) is 10.5. The molecule has 0 unspecified atom stereocenters. The van der Waals surface area contributed by atoms with Crippen molar-refractivity contribution in [2.75, 3.05) is 20.0 Å². The van der Waals surface area contributed by atoms with Crippen LogP contribution in [0.25, 0.3) is 5.69 Å². The molecule has 0 saturated carbocycles. The molecule has 1 aromatic carbocycles. The Labute approximate surface area is 116 Å². The Hall–Kier alpha value is -2.39. The minimum atomic E-state index is 0. The highest BCUT2D eigenvalue weighted by atomic mass is 35.5. The second kappa shape index (κ2) is 5.98. The van der Waals surface area contributed by atoms with Gasteiger partial charge in [-0.2, -0.15) is 5.26 Å². The summed E-state index contributed by atoms with van der Waals surface area (Å²) >= 11 is 0. The van der Waals surface area contributed by atoms with Crippen LogP contribution < -0.4 is 15.2 Å². The number of benzene rings is 1. The van der Waals surface area contributed by atoms with Gasteiger partial charge < -0.3 is 19.8 Å². The first-order valence-corrected chi connectivity index (χ1v) is 5.15. The quantitative estimate of drug-likeness (QED) is 0.926. The Balaban J connectivity index is 0.00000180. The van der Waals surface area contributed by atoms with E-state index in [0.717, 1.165) is 5.69 Å². The SMILES string of the molecule is COc1cc(-n2cnc(N)c2)cc(C#N)c1OC.Cl. The van der Waals surface area contributed by atoms with Crippen LogP contribution in [0, 0.1) is 11.3 Å². The van der Waals surface area contributed by atoms with Crippen LogP contribution in [0.1, 0.15) is 5.56 Å². The number of hydrogen-bond acceptors (Lipinski definition) is 5. The fraction of sp³-hybridized carbons (Fsp3) is 0.167. The van der Waals surface area contributed by atoms with Crippen LogP contribution in [0.3, 0.4) is 0 Å². The lowest BCUT2D eigenvalue weighted by Gasteiger charge is -2.11. The number of rotatable bonds is 3. The standard InChI is InChI=1S/C12H12N4O2.ClH/c1-17-10-4-9(16-6-11(14)15-7-16)3-8(5-13)12(10)18-2;/h3-4,6-7H,14H2,1-2H3;1H. The number of hydrogen-bond donors (Lipinski definition) is 1. The fourth-order valence-electron chi connectivity index (χ4n) is 1.66. The van der Waals surface area contributed by atoms with E-state index < -0.39 is 0 Å². The first-order chi connectivity index (χ1) is 8.69. The first kappa shape index (κ1) is 14.7. The Morgan fingerprint density at radius 3 is 2.53 bits per heavy atom. The summed E-state index contributed by atoms with van der Waals surface area (Å²) in [5, 5.41) is 9.11. The van der Waals surface area contributed by atoms with E-state index in [-0.39, 0.29) is 12.4 Å². The van der Waals surface area contributed by atoms with E-state index in [0.29, 0.717) is 22.9 Å². The Morgan fingerprint density at radius 2 is 2.05 bits per heavy atom. The van der Waals surface area contributed by atoms with Gasteiger partial charge in [-0.25, -0.2) is 4.98 Å². The van der Waals surface area contributed by atoms with Crippen LogP contribution in [0.15, 0.2) is 24.7 Å². The van der Waals surface area contributed by atoms with Gasteiger partial charge in [0.25, 0.3) is 0 Å². The molecule has 0 saturated heterocycles. The molecule has 2 rings (SSSR count). The molecule has 1 heterocycles. The number of nitrogen functional groups attached to an aromatic ring is 1. The van der Waals surface area contributed by atoms with E-state index in [1.807, 2.05) is 0 Å².